The molecule has 4 heteroatoms. The van der Waals surface area contributed by atoms with Crippen molar-refractivity contribution in [3.63, 3.8) is 0 Å². The van der Waals surface area contributed by atoms with Crippen molar-refractivity contribution in [2.45, 2.75) is 58.9 Å². The summed E-state index contributed by atoms with van der Waals surface area (Å²) in [4.78, 5) is 0. The fraction of sp³-hybridized carbons (Fsp3) is 0.333. The van der Waals surface area contributed by atoms with Crippen LogP contribution in [-0.4, -0.2) is 24.2 Å². The Morgan fingerprint density at radius 1 is 0.419 bits per heavy atom. The van der Waals surface area contributed by atoms with Crippen molar-refractivity contribution in [3.05, 3.63) is 72.8 Å². The van der Waals surface area contributed by atoms with Crippen molar-refractivity contribution in [2.24, 2.45) is 0 Å². The Labute approximate surface area is 194 Å². The molecular formula is C27H39PSi3. The average molecular weight is 479 g/mol. The molecule has 0 aliphatic rings. The van der Waals surface area contributed by atoms with Gasteiger partial charge in [0, 0.05) is 0 Å². The highest BCUT2D eigenvalue weighted by Crippen LogP contribution is 2.32. The largest absolute Gasteiger partial charge is 0.0776 e. The molecule has 0 atom stereocenters. The van der Waals surface area contributed by atoms with Gasteiger partial charge in [0.05, 0.1) is 24.2 Å². The molecule has 0 unspecified atom stereocenters. The van der Waals surface area contributed by atoms with Gasteiger partial charge in [-0.2, -0.15) is 0 Å². The zero-order valence-corrected chi connectivity index (χ0v) is 24.8. The summed E-state index contributed by atoms with van der Waals surface area (Å²) in [5.41, 5.74) is 0. The van der Waals surface area contributed by atoms with Gasteiger partial charge in [-0.3, -0.25) is 0 Å². The highest BCUT2D eigenvalue weighted by molar-refractivity contribution is 7.79. The van der Waals surface area contributed by atoms with E-state index in [1.54, 1.807) is 15.6 Å². The summed E-state index contributed by atoms with van der Waals surface area (Å²) in [6.45, 7) is 22.1. The highest BCUT2D eigenvalue weighted by Gasteiger charge is 2.25. The lowest BCUT2D eigenvalue weighted by Gasteiger charge is -2.26. The van der Waals surface area contributed by atoms with Gasteiger partial charge >= 0.3 is 0 Å². The summed E-state index contributed by atoms with van der Waals surface area (Å²) >= 11 is 0. The molecule has 0 saturated heterocycles. The zero-order chi connectivity index (χ0) is 23.0. The Bertz CT molecular complexity index is 916. The summed E-state index contributed by atoms with van der Waals surface area (Å²) < 4.78 is 0. The van der Waals surface area contributed by atoms with Gasteiger partial charge in [-0.25, -0.2) is 0 Å². The monoisotopic (exact) mass is 478 g/mol. The van der Waals surface area contributed by atoms with E-state index < -0.39 is 32.1 Å². The number of hydrogen-bond donors (Lipinski definition) is 0. The first-order chi connectivity index (χ1) is 14.3. The Hall–Kier alpha value is -1.26. The van der Waals surface area contributed by atoms with Crippen LogP contribution in [0.3, 0.4) is 0 Å². The number of rotatable bonds is 6. The second-order valence-electron chi connectivity index (χ2n) is 11.7. The molecule has 0 heterocycles. The maximum Gasteiger partial charge on any atom is 0.0776 e. The third-order valence-electron chi connectivity index (χ3n) is 5.91. The summed E-state index contributed by atoms with van der Waals surface area (Å²) in [7, 11) is -4.68. The van der Waals surface area contributed by atoms with Crippen LogP contribution in [0.5, 0.6) is 0 Å². The second kappa shape index (κ2) is 8.94. The highest BCUT2D eigenvalue weighted by atomic mass is 31.1. The Morgan fingerprint density at radius 2 is 0.677 bits per heavy atom. The molecule has 0 bridgehead atoms. The molecule has 3 rings (SSSR count). The standard InChI is InChI=1S/C27H39PSi3/c1-29(2,3)25-16-10-13-22(19-25)28(23-14-11-17-26(20-23)30(4,5)6)24-15-12-18-27(21-24)31(7,8)9/h10-21H,1-9H3. The predicted molar refractivity (Wildman–Crippen MR) is 154 cm³/mol. The average Bonchev–Trinajstić information content (AvgIpc) is 2.67. The van der Waals surface area contributed by atoms with Crippen LogP contribution in [0, 0.1) is 0 Å². The fourth-order valence-corrected chi connectivity index (χ4v) is 10.1. The van der Waals surface area contributed by atoms with Gasteiger partial charge in [0.25, 0.3) is 0 Å². The lowest BCUT2D eigenvalue weighted by Crippen LogP contribution is -2.42. The Balaban J connectivity index is 2.24. The molecule has 0 fully saturated rings. The number of hydrogen-bond acceptors (Lipinski definition) is 0. The molecule has 31 heavy (non-hydrogen) atoms. The van der Waals surface area contributed by atoms with Crippen LogP contribution in [0.15, 0.2) is 72.8 Å². The minimum absolute atomic E-state index is 0.569. The van der Waals surface area contributed by atoms with E-state index in [1.165, 1.54) is 15.9 Å². The summed E-state index contributed by atoms with van der Waals surface area (Å²) in [6, 6.07) is 28.6. The first-order valence-electron chi connectivity index (χ1n) is 11.4. The third kappa shape index (κ3) is 5.96. The lowest BCUT2D eigenvalue weighted by atomic mass is 10.3. The van der Waals surface area contributed by atoms with E-state index in [9.17, 15) is 0 Å². The maximum absolute atomic E-state index is 2.53. The van der Waals surface area contributed by atoms with Crippen molar-refractivity contribution in [3.8, 4) is 0 Å². The van der Waals surface area contributed by atoms with Gasteiger partial charge in [0.15, 0.2) is 0 Å². The Kier molecular flexibility index (Phi) is 7.03. The van der Waals surface area contributed by atoms with Crippen molar-refractivity contribution >= 4 is 63.6 Å². The van der Waals surface area contributed by atoms with E-state index in [4.69, 9.17) is 0 Å². The molecule has 164 valence electrons. The fourth-order valence-electron chi connectivity index (χ4n) is 3.78. The first kappa shape index (κ1) is 24.4. The molecule has 0 amide bonds. The van der Waals surface area contributed by atoms with Gasteiger partial charge in [-0.05, 0) is 23.8 Å². The van der Waals surface area contributed by atoms with Crippen LogP contribution in [-0.2, 0) is 0 Å². The molecule has 0 aliphatic heterocycles. The van der Waals surface area contributed by atoms with Crippen molar-refractivity contribution in [2.75, 3.05) is 0 Å². The van der Waals surface area contributed by atoms with Crippen LogP contribution in [0.25, 0.3) is 0 Å². The third-order valence-corrected chi connectivity index (χ3v) is 14.4. The molecule has 0 aromatic heterocycles. The van der Waals surface area contributed by atoms with E-state index in [0.717, 1.165) is 0 Å². The van der Waals surface area contributed by atoms with E-state index in [2.05, 4.69) is 132 Å². The molecule has 0 radical (unpaired) electrons. The lowest BCUT2D eigenvalue weighted by molar-refractivity contribution is 1.69. The summed E-state index contributed by atoms with van der Waals surface area (Å²) in [5, 5.41) is 9.15. The minimum Gasteiger partial charge on any atom is -0.0656 e. The van der Waals surface area contributed by atoms with Crippen molar-refractivity contribution in [1.82, 2.24) is 0 Å². The summed E-state index contributed by atoms with van der Waals surface area (Å²) in [5.74, 6) is 0. The first-order valence-corrected chi connectivity index (χ1v) is 23.2. The molecule has 0 N–H and O–H groups in total. The molecular weight excluding hydrogens is 440 g/mol. The summed E-state index contributed by atoms with van der Waals surface area (Å²) in [6.07, 6.45) is 0. The predicted octanol–water partition coefficient (Wildman–Crippen LogP) is 5.08. The van der Waals surface area contributed by atoms with Gasteiger partial charge in [0.1, 0.15) is 0 Å². The van der Waals surface area contributed by atoms with Crippen molar-refractivity contribution < 1.29 is 0 Å². The molecule has 0 aliphatic carbocycles. The van der Waals surface area contributed by atoms with E-state index in [0.29, 0.717) is 0 Å². The minimum atomic E-state index is -1.37. The van der Waals surface area contributed by atoms with E-state index in [1.807, 2.05) is 0 Å². The second-order valence-corrected chi connectivity index (χ2v) is 29.2. The van der Waals surface area contributed by atoms with Crippen LogP contribution in [0.4, 0.5) is 0 Å². The Morgan fingerprint density at radius 3 is 0.903 bits per heavy atom. The smallest absolute Gasteiger partial charge is 0.0656 e. The SMILES string of the molecule is C[Si](C)(C)c1cccc(P(c2cccc([Si](C)(C)C)c2)c2cccc([Si](C)(C)C)c2)c1. The van der Waals surface area contributed by atoms with Gasteiger partial charge in [-0.1, -0.05) is 147 Å². The molecule has 0 nitrogen and oxygen atoms in total. The topological polar surface area (TPSA) is 0 Å². The van der Waals surface area contributed by atoms with E-state index >= 15 is 0 Å². The number of benzene rings is 3. The van der Waals surface area contributed by atoms with Gasteiger partial charge in [0.2, 0.25) is 0 Å². The zero-order valence-electron chi connectivity index (χ0n) is 20.9. The molecule has 0 spiro atoms. The quantitative estimate of drug-likeness (QED) is 0.342. The molecule has 0 saturated carbocycles. The van der Waals surface area contributed by atoms with E-state index in [-0.39, 0.29) is 0 Å². The molecule has 3 aromatic carbocycles. The van der Waals surface area contributed by atoms with Crippen LogP contribution < -0.4 is 31.5 Å². The maximum atomic E-state index is 2.53. The normalized spacial score (nSPS) is 13.0. The van der Waals surface area contributed by atoms with Crippen LogP contribution in [0.1, 0.15) is 0 Å². The van der Waals surface area contributed by atoms with Gasteiger partial charge in [-0.15, -0.1) is 0 Å². The van der Waals surface area contributed by atoms with Crippen molar-refractivity contribution in [1.29, 1.82) is 0 Å². The van der Waals surface area contributed by atoms with Gasteiger partial charge < -0.3 is 0 Å². The van der Waals surface area contributed by atoms with Crippen LogP contribution in [0.2, 0.25) is 58.9 Å². The van der Waals surface area contributed by atoms with Crippen LogP contribution >= 0.6 is 7.92 Å². The molecule has 3 aromatic rings.